The maximum atomic E-state index is 11.5. The van der Waals surface area contributed by atoms with Gasteiger partial charge in [-0.3, -0.25) is 10.1 Å². The first-order valence-corrected chi connectivity index (χ1v) is 8.89. The van der Waals surface area contributed by atoms with Crippen molar-refractivity contribution in [2.24, 2.45) is 5.14 Å². The van der Waals surface area contributed by atoms with Gasteiger partial charge in [-0.1, -0.05) is 0 Å². The van der Waals surface area contributed by atoms with Crippen molar-refractivity contribution in [2.45, 2.75) is 17.9 Å². The average molecular weight is 339 g/mol. The van der Waals surface area contributed by atoms with Crippen LogP contribution in [0.2, 0.25) is 0 Å². The van der Waals surface area contributed by atoms with Gasteiger partial charge < -0.3 is 4.90 Å². The highest BCUT2D eigenvalue weighted by atomic mass is 32.2. The molecule has 0 unspecified atom stereocenters. The molecule has 116 valence electrons. The second kappa shape index (κ2) is 5.34. The molecule has 0 spiro atoms. The summed E-state index contributed by atoms with van der Waals surface area (Å²) in [6.45, 7) is 1.28. The molecule has 0 atom stereocenters. The number of nitro benzene ring substituents is 1. The number of thiophene rings is 1. The second-order valence-electron chi connectivity index (χ2n) is 5.03. The van der Waals surface area contributed by atoms with E-state index in [1.807, 2.05) is 16.3 Å². The molecule has 2 heterocycles. The number of fused-ring (bicyclic) bond motifs is 1. The fourth-order valence-corrected chi connectivity index (χ4v) is 3.95. The van der Waals surface area contributed by atoms with Gasteiger partial charge in [-0.2, -0.15) is 0 Å². The molecule has 1 aliphatic rings. The summed E-state index contributed by atoms with van der Waals surface area (Å²) >= 11 is 1.69. The van der Waals surface area contributed by atoms with Gasteiger partial charge in [-0.05, 0) is 29.5 Å². The van der Waals surface area contributed by atoms with Crippen molar-refractivity contribution in [1.82, 2.24) is 0 Å². The number of rotatable bonds is 3. The predicted molar refractivity (Wildman–Crippen MR) is 83.5 cm³/mol. The maximum Gasteiger partial charge on any atom is 0.272 e. The van der Waals surface area contributed by atoms with E-state index in [0.717, 1.165) is 12.5 Å². The van der Waals surface area contributed by atoms with Crippen molar-refractivity contribution in [2.75, 3.05) is 11.4 Å². The van der Waals surface area contributed by atoms with E-state index in [9.17, 15) is 18.5 Å². The summed E-state index contributed by atoms with van der Waals surface area (Å²) in [6, 6.07) is 5.77. The minimum atomic E-state index is -4.00. The van der Waals surface area contributed by atoms with Crippen LogP contribution >= 0.6 is 11.3 Å². The molecule has 2 aromatic rings. The Morgan fingerprint density at radius 2 is 2.09 bits per heavy atom. The summed E-state index contributed by atoms with van der Waals surface area (Å²) in [7, 11) is -4.00. The zero-order chi connectivity index (χ0) is 15.9. The third kappa shape index (κ3) is 2.82. The number of hydrogen-bond donors (Lipinski definition) is 1. The van der Waals surface area contributed by atoms with Crippen LogP contribution in [0.4, 0.5) is 11.4 Å². The molecule has 1 aliphatic heterocycles. The first-order chi connectivity index (χ1) is 10.3. The van der Waals surface area contributed by atoms with Crippen molar-refractivity contribution in [1.29, 1.82) is 0 Å². The Hall–Kier alpha value is -1.97. The Morgan fingerprint density at radius 1 is 1.32 bits per heavy atom. The summed E-state index contributed by atoms with van der Waals surface area (Å²) in [4.78, 5) is 13.4. The number of sulfonamides is 1. The van der Waals surface area contributed by atoms with E-state index in [1.54, 1.807) is 11.3 Å². The van der Waals surface area contributed by atoms with Gasteiger partial charge in [0.15, 0.2) is 0 Å². The summed E-state index contributed by atoms with van der Waals surface area (Å²) in [5.74, 6) is 0. The summed E-state index contributed by atoms with van der Waals surface area (Å²) in [6.07, 6.45) is 0.834. The second-order valence-corrected chi connectivity index (χ2v) is 7.59. The SMILES string of the molecule is NS(=O)(=O)c1cc(N2CCc3sccc3C2)cc([N+](=O)[O-])c1. The molecule has 0 radical (unpaired) electrons. The lowest BCUT2D eigenvalue weighted by Crippen LogP contribution is -2.29. The lowest BCUT2D eigenvalue weighted by Gasteiger charge is -2.29. The molecule has 0 amide bonds. The largest absolute Gasteiger partial charge is 0.367 e. The fourth-order valence-electron chi connectivity index (χ4n) is 2.49. The standard InChI is InChI=1S/C13H13N3O4S2/c14-22(19,20)12-6-10(5-11(7-12)16(17)18)15-3-1-13-9(8-15)2-4-21-13/h2,4-7H,1,3,8H2,(H2,14,19,20). The Balaban J connectivity index is 2.04. The minimum absolute atomic E-state index is 0.243. The van der Waals surface area contributed by atoms with Crippen molar-refractivity contribution < 1.29 is 13.3 Å². The Labute approximate surface area is 131 Å². The molecule has 0 saturated heterocycles. The van der Waals surface area contributed by atoms with Crippen LogP contribution in [0.25, 0.3) is 0 Å². The summed E-state index contributed by atoms with van der Waals surface area (Å²) in [5.41, 5.74) is 1.38. The molecule has 1 aromatic carbocycles. The normalized spacial score (nSPS) is 14.7. The molecular weight excluding hydrogens is 326 g/mol. The van der Waals surface area contributed by atoms with Crippen LogP contribution < -0.4 is 10.0 Å². The lowest BCUT2D eigenvalue weighted by atomic mass is 10.1. The number of nitrogens with two attached hydrogens (primary N) is 1. The molecule has 2 N–H and O–H groups in total. The molecule has 0 bridgehead atoms. The monoisotopic (exact) mass is 339 g/mol. The molecule has 0 fully saturated rings. The first-order valence-electron chi connectivity index (χ1n) is 6.47. The van der Waals surface area contributed by atoms with Crippen molar-refractivity contribution in [3.05, 3.63) is 50.2 Å². The number of anilines is 1. The molecular formula is C13H13N3O4S2. The van der Waals surface area contributed by atoms with Gasteiger partial charge in [0.05, 0.1) is 9.82 Å². The van der Waals surface area contributed by atoms with Crippen molar-refractivity contribution in [3.63, 3.8) is 0 Å². The Bertz CT molecular complexity index is 845. The minimum Gasteiger partial charge on any atom is -0.367 e. The van der Waals surface area contributed by atoms with Crippen LogP contribution in [-0.4, -0.2) is 19.9 Å². The van der Waals surface area contributed by atoms with E-state index >= 15 is 0 Å². The van der Waals surface area contributed by atoms with Crippen LogP contribution in [-0.2, 0) is 23.0 Å². The topological polar surface area (TPSA) is 107 Å². The number of benzene rings is 1. The maximum absolute atomic E-state index is 11.5. The van der Waals surface area contributed by atoms with Crippen LogP contribution in [0.5, 0.6) is 0 Å². The zero-order valence-corrected chi connectivity index (χ0v) is 13.1. The smallest absolute Gasteiger partial charge is 0.272 e. The van der Waals surface area contributed by atoms with Crippen molar-refractivity contribution in [3.8, 4) is 0 Å². The van der Waals surface area contributed by atoms with Gasteiger partial charge in [0.2, 0.25) is 10.0 Å². The number of nitro groups is 1. The van der Waals surface area contributed by atoms with E-state index in [-0.39, 0.29) is 10.6 Å². The zero-order valence-electron chi connectivity index (χ0n) is 11.4. The Morgan fingerprint density at radius 3 is 2.77 bits per heavy atom. The quantitative estimate of drug-likeness (QED) is 0.678. The summed E-state index contributed by atoms with van der Waals surface area (Å²) < 4.78 is 23.1. The highest BCUT2D eigenvalue weighted by molar-refractivity contribution is 7.89. The van der Waals surface area contributed by atoms with Crippen LogP contribution in [0.15, 0.2) is 34.5 Å². The van der Waals surface area contributed by atoms with E-state index < -0.39 is 14.9 Å². The molecule has 0 saturated carbocycles. The van der Waals surface area contributed by atoms with Crippen LogP contribution in [0.1, 0.15) is 10.4 Å². The molecule has 9 heteroatoms. The molecule has 3 rings (SSSR count). The number of hydrogen-bond acceptors (Lipinski definition) is 6. The number of primary sulfonamides is 1. The molecule has 0 aliphatic carbocycles. The van der Waals surface area contributed by atoms with Gasteiger partial charge in [-0.25, -0.2) is 13.6 Å². The van der Waals surface area contributed by atoms with Crippen LogP contribution in [0, 0.1) is 10.1 Å². The van der Waals surface area contributed by atoms with E-state index in [2.05, 4.69) is 0 Å². The first kappa shape index (κ1) is 14.9. The fraction of sp³-hybridized carbons (Fsp3) is 0.231. The average Bonchev–Trinajstić information content (AvgIpc) is 2.93. The molecule has 7 nitrogen and oxygen atoms in total. The lowest BCUT2D eigenvalue weighted by molar-refractivity contribution is -0.385. The van der Waals surface area contributed by atoms with Gasteiger partial charge in [0.25, 0.3) is 5.69 Å². The molecule has 22 heavy (non-hydrogen) atoms. The predicted octanol–water partition coefficient (Wildman–Crippen LogP) is 1.87. The third-order valence-corrected chi connectivity index (χ3v) is 5.50. The Kier molecular flexibility index (Phi) is 3.63. The van der Waals surface area contributed by atoms with E-state index in [0.29, 0.717) is 18.8 Å². The summed E-state index contributed by atoms with van der Waals surface area (Å²) in [5, 5.41) is 18.2. The van der Waals surface area contributed by atoms with Crippen LogP contribution in [0.3, 0.4) is 0 Å². The van der Waals surface area contributed by atoms with E-state index in [1.165, 1.54) is 22.6 Å². The van der Waals surface area contributed by atoms with Crippen molar-refractivity contribution >= 4 is 32.7 Å². The van der Waals surface area contributed by atoms with E-state index in [4.69, 9.17) is 5.14 Å². The van der Waals surface area contributed by atoms with Gasteiger partial charge >= 0.3 is 0 Å². The van der Waals surface area contributed by atoms with Gasteiger partial charge in [0, 0.05) is 35.8 Å². The highest BCUT2D eigenvalue weighted by Gasteiger charge is 2.22. The molecule has 1 aromatic heterocycles. The van der Waals surface area contributed by atoms with Gasteiger partial charge in [0.1, 0.15) is 0 Å². The highest BCUT2D eigenvalue weighted by Crippen LogP contribution is 2.31. The number of non-ortho nitro benzene ring substituents is 1. The number of nitrogens with zero attached hydrogens (tertiary/aromatic N) is 2. The van der Waals surface area contributed by atoms with Gasteiger partial charge in [-0.15, -0.1) is 11.3 Å². The third-order valence-electron chi connectivity index (χ3n) is 3.59.